The Morgan fingerprint density at radius 1 is 1.24 bits per heavy atom. The van der Waals surface area contributed by atoms with Gasteiger partial charge in [-0.2, -0.15) is 11.8 Å². The fourth-order valence-corrected chi connectivity index (χ4v) is 4.02. The average molecular weight is 358 g/mol. The molecule has 3 rings (SSSR count). The number of hydrogen-bond donors (Lipinski definition) is 2. The Balaban J connectivity index is 1.83. The lowest BCUT2D eigenvalue weighted by Gasteiger charge is -2.22. The van der Waals surface area contributed by atoms with Gasteiger partial charge in [-0.15, -0.1) is 0 Å². The minimum Gasteiger partial charge on any atom is -0.387 e. The van der Waals surface area contributed by atoms with Crippen molar-refractivity contribution in [2.75, 3.05) is 23.4 Å². The summed E-state index contributed by atoms with van der Waals surface area (Å²) in [4.78, 5) is 23.3. The standard InChI is InChI=1S/C18H18N2O4S/c21-17(13-4-2-1-3-5-13)14-6-7-15(16(10-14)20(23)24)19-11-18(22)8-9-25-12-18/h1-7,10,19,22H,8-9,11-12H2/t18-/m1/s1. The summed E-state index contributed by atoms with van der Waals surface area (Å²) in [5.74, 6) is 1.23. The van der Waals surface area contributed by atoms with E-state index in [0.717, 1.165) is 5.75 Å². The number of nitro benzene ring substituents is 1. The third kappa shape index (κ3) is 4.00. The van der Waals surface area contributed by atoms with Crippen LogP contribution in [0, 0.1) is 10.1 Å². The Hall–Kier alpha value is -2.38. The van der Waals surface area contributed by atoms with Crippen LogP contribution >= 0.6 is 11.8 Å². The van der Waals surface area contributed by atoms with Crippen molar-refractivity contribution in [1.29, 1.82) is 0 Å². The smallest absolute Gasteiger partial charge is 0.293 e. The van der Waals surface area contributed by atoms with Crippen LogP contribution in [0.4, 0.5) is 11.4 Å². The molecule has 1 fully saturated rings. The normalized spacial score (nSPS) is 19.6. The van der Waals surface area contributed by atoms with Gasteiger partial charge < -0.3 is 10.4 Å². The van der Waals surface area contributed by atoms with E-state index in [9.17, 15) is 20.0 Å². The molecule has 0 saturated carbocycles. The van der Waals surface area contributed by atoms with E-state index in [1.54, 1.807) is 48.2 Å². The molecule has 0 aliphatic carbocycles. The molecule has 0 bridgehead atoms. The lowest BCUT2D eigenvalue weighted by atomic mass is 10.0. The van der Waals surface area contributed by atoms with Crippen LogP contribution in [-0.2, 0) is 0 Å². The topological polar surface area (TPSA) is 92.5 Å². The molecule has 0 spiro atoms. The van der Waals surface area contributed by atoms with E-state index in [1.165, 1.54) is 12.1 Å². The minimum atomic E-state index is -0.850. The van der Waals surface area contributed by atoms with Crippen molar-refractivity contribution in [1.82, 2.24) is 0 Å². The van der Waals surface area contributed by atoms with Gasteiger partial charge in [0.05, 0.1) is 10.5 Å². The molecule has 0 aromatic heterocycles. The monoisotopic (exact) mass is 358 g/mol. The van der Waals surface area contributed by atoms with Crippen LogP contribution in [0.3, 0.4) is 0 Å². The number of aliphatic hydroxyl groups is 1. The second-order valence-electron chi connectivity index (χ2n) is 6.06. The summed E-state index contributed by atoms with van der Waals surface area (Å²) in [7, 11) is 0. The molecule has 25 heavy (non-hydrogen) atoms. The van der Waals surface area contributed by atoms with E-state index in [4.69, 9.17) is 0 Å². The Kier molecular flexibility index (Phi) is 5.06. The summed E-state index contributed by atoms with van der Waals surface area (Å²) in [6.07, 6.45) is 0.656. The molecule has 2 aromatic carbocycles. The first kappa shape index (κ1) is 17.4. The van der Waals surface area contributed by atoms with E-state index in [0.29, 0.717) is 23.4 Å². The second kappa shape index (κ2) is 7.25. The highest BCUT2D eigenvalue weighted by Gasteiger charge is 2.32. The van der Waals surface area contributed by atoms with Gasteiger partial charge >= 0.3 is 0 Å². The van der Waals surface area contributed by atoms with Gasteiger partial charge in [0.15, 0.2) is 5.78 Å². The Bertz CT molecular complexity index is 789. The van der Waals surface area contributed by atoms with E-state index in [2.05, 4.69) is 5.32 Å². The van der Waals surface area contributed by atoms with Gasteiger partial charge in [0, 0.05) is 29.5 Å². The van der Waals surface area contributed by atoms with Crippen LogP contribution in [-0.4, -0.2) is 39.5 Å². The molecule has 1 aliphatic heterocycles. The number of nitrogens with one attached hydrogen (secondary N) is 1. The largest absolute Gasteiger partial charge is 0.387 e. The molecule has 130 valence electrons. The minimum absolute atomic E-state index is 0.170. The molecule has 7 heteroatoms. The third-order valence-corrected chi connectivity index (χ3v) is 5.42. The first-order valence-electron chi connectivity index (χ1n) is 7.91. The number of ketones is 1. The maximum Gasteiger partial charge on any atom is 0.293 e. The van der Waals surface area contributed by atoms with Crippen molar-refractivity contribution >= 4 is 28.9 Å². The van der Waals surface area contributed by atoms with Gasteiger partial charge in [0.1, 0.15) is 5.69 Å². The van der Waals surface area contributed by atoms with E-state index >= 15 is 0 Å². The molecule has 0 unspecified atom stereocenters. The molecule has 1 aliphatic rings. The number of rotatable bonds is 6. The fourth-order valence-electron chi connectivity index (χ4n) is 2.73. The summed E-state index contributed by atoms with van der Waals surface area (Å²) in [6.45, 7) is 0.243. The number of benzene rings is 2. The number of hydrogen-bond acceptors (Lipinski definition) is 6. The van der Waals surface area contributed by atoms with Crippen molar-refractivity contribution in [2.45, 2.75) is 12.0 Å². The average Bonchev–Trinajstić information content (AvgIpc) is 3.07. The highest BCUT2D eigenvalue weighted by molar-refractivity contribution is 7.99. The lowest BCUT2D eigenvalue weighted by molar-refractivity contribution is -0.384. The Labute approximate surface area is 149 Å². The highest BCUT2D eigenvalue weighted by Crippen LogP contribution is 2.31. The van der Waals surface area contributed by atoms with E-state index < -0.39 is 10.5 Å². The molecule has 0 radical (unpaired) electrons. The van der Waals surface area contributed by atoms with E-state index in [1.807, 2.05) is 0 Å². The summed E-state index contributed by atoms with van der Waals surface area (Å²) < 4.78 is 0. The molecular formula is C18H18N2O4S. The number of carbonyl (C=O) groups is 1. The Morgan fingerprint density at radius 2 is 2.00 bits per heavy atom. The number of nitrogens with zero attached hydrogens (tertiary/aromatic N) is 1. The second-order valence-corrected chi connectivity index (χ2v) is 7.17. The Morgan fingerprint density at radius 3 is 2.64 bits per heavy atom. The SMILES string of the molecule is O=C(c1ccccc1)c1ccc(NC[C@]2(O)CCSC2)c([N+](=O)[O-])c1. The molecule has 2 N–H and O–H groups in total. The van der Waals surface area contributed by atoms with Crippen LogP contribution in [0.1, 0.15) is 22.3 Å². The molecule has 1 saturated heterocycles. The molecule has 1 heterocycles. The summed E-state index contributed by atoms with van der Waals surface area (Å²) >= 11 is 1.66. The zero-order valence-corrected chi connectivity index (χ0v) is 14.3. The molecule has 6 nitrogen and oxygen atoms in total. The number of anilines is 1. The maximum absolute atomic E-state index is 12.5. The first-order valence-corrected chi connectivity index (χ1v) is 9.06. The summed E-state index contributed by atoms with van der Waals surface area (Å²) in [5.41, 5.74) is 0.0289. The van der Waals surface area contributed by atoms with Crippen LogP contribution < -0.4 is 5.32 Å². The maximum atomic E-state index is 12.5. The number of carbonyl (C=O) groups excluding carboxylic acids is 1. The van der Waals surface area contributed by atoms with Crippen LogP contribution in [0.25, 0.3) is 0 Å². The van der Waals surface area contributed by atoms with Crippen molar-refractivity contribution in [3.63, 3.8) is 0 Å². The van der Waals surface area contributed by atoms with Gasteiger partial charge in [-0.3, -0.25) is 14.9 Å². The zero-order valence-electron chi connectivity index (χ0n) is 13.5. The van der Waals surface area contributed by atoms with Crippen LogP contribution in [0.15, 0.2) is 48.5 Å². The number of thioether (sulfide) groups is 1. The lowest BCUT2D eigenvalue weighted by Crippen LogP contribution is -2.36. The third-order valence-electron chi connectivity index (χ3n) is 4.18. The van der Waals surface area contributed by atoms with Gasteiger partial charge in [0.25, 0.3) is 5.69 Å². The van der Waals surface area contributed by atoms with Crippen molar-refractivity contribution in [3.05, 3.63) is 69.8 Å². The van der Waals surface area contributed by atoms with Crippen LogP contribution in [0.5, 0.6) is 0 Å². The molecular weight excluding hydrogens is 340 g/mol. The van der Waals surface area contributed by atoms with Gasteiger partial charge in [-0.1, -0.05) is 30.3 Å². The van der Waals surface area contributed by atoms with Gasteiger partial charge in [0.2, 0.25) is 0 Å². The molecule has 2 aromatic rings. The van der Waals surface area contributed by atoms with E-state index in [-0.39, 0.29) is 23.6 Å². The van der Waals surface area contributed by atoms with Crippen molar-refractivity contribution in [2.24, 2.45) is 0 Å². The highest BCUT2D eigenvalue weighted by atomic mass is 32.2. The first-order chi connectivity index (χ1) is 12.0. The fraction of sp³-hybridized carbons (Fsp3) is 0.278. The quantitative estimate of drug-likeness (QED) is 0.468. The van der Waals surface area contributed by atoms with Crippen molar-refractivity contribution in [3.8, 4) is 0 Å². The van der Waals surface area contributed by atoms with Crippen molar-refractivity contribution < 1.29 is 14.8 Å². The number of nitro groups is 1. The predicted molar refractivity (Wildman–Crippen MR) is 98.4 cm³/mol. The van der Waals surface area contributed by atoms with Gasteiger partial charge in [-0.05, 0) is 24.3 Å². The molecule has 0 amide bonds. The predicted octanol–water partition coefficient (Wildman–Crippen LogP) is 3.11. The van der Waals surface area contributed by atoms with Crippen LogP contribution in [0.2, 0.25) is 0 Å². The summed E-state index contributed by atoms with van der Waals surface area (Å²) in [5, 5.41) is 24.7. The zero-order chi connectivity index (χ0) is 17.9. The summed E-state index contributed by atoms with van der Waals surface area (Å²) in [6, 6.07) is 13.0. The molecule has 1 atom stereocenters. The van der Waals surface area contributed by atoms with Gasteiger partial charge in [-0.25, -0.2) is 0 Å².